The third kappa shape index (κ3) is 6.22. The highest BCUT2D eigenvalue weighted by atomic mass is 127. The smallest absolute Gasteiger partial charge is 0.271 e. The molecular weight excluding hydrogens is 665 g/mol. The number of amides is 1. The summed E-state index contributed by atoms with van der Waals surface area (Å²) in [5.41, 5.74) is 4.34. The van der Waals surface area contributed by atoms with Gasteiger partial charge >= 0.3 is 0 Å². The number of nitrogens with zero attached hydrogens (tertiary/aromatic N) is 1. The molecule has 1 amide bonds. The minimum atomic E-state index is -0.295. The van der Waals surface area contributed by atoms with Crippen LogP contribution in [-0.2, 0) is 6.61 Å². The Hall–Kier alpha value is -1.53. The summed E-state index contributed by atoms with van der Waals surface area (Å²) in [5, 5.41) is 4.03. The fourth-order valence-corrected chi connectivity index (χ4v) is 4.94. The third-order valence-electron chi connectivity index (χ3n) is 3.82. The van der Waals surface area contributed by atoms with Crippen molar-refractivity contribution in [1.82, 2.24) is 5.43 Å². The Morgan fingerprint density at radius 1 is 1.10 bits per heavy atom. The molecule has 0 heterocycles. The molecule has 4 nitrogen and oxygen atoms in total. The number of hydrogen-bond donors (Lipinski definition) is 1. The zero-order valence-electron chi connectivity index (χ0n) is 14.8. The molecule has 0 saturated heterocycles. The van der Waals surface area contributed by atoms with Gasteiger partial charge in [0.2, 0.25) is 0 Å². The van der Waals surface area contributed by atoms with Gasteiger partial charge in [-0.1, -0.05) is 40.2 Å². The second kappa shape index (κ2) is 10.5. The molecule has 3 aromatic carbocycles. The molecule has 0 aromatic heterocycles. The fraction of sp³-hybridized carbons (Fsp3) is 0.0476. The molecule has 0 saturated carbocycles. The summed E-state index contributed by atoms with van der Waals surface area (Å²) < 4.78 is 22.2. The highest BCUT2D eigenvalue weighted by molar-refractivity contribution is 14.1. The first-order valence-corrected chi connectivity index (χ1v) is 11.3. The molecule has 0 aliphatic heterocycles. The van der Waals surface area contributed by atoms with Gasteiger partial charge in [-0.15, -0.1) is 0 Å². The van der Waals surface area contributed by atoms with Gasteiger partial charge in [0, 0.05) is 15.6 Å². The highest BCUT2D eigenvalue weighted by Gasteiger charge is 2.10. The number of carbonyl (C=O) groups is 1. The lowest BCUT2D eigenvalue weighted by Crippen LogP contribution is -2.17. The molecule has 1 N–H and O–H groups in total. The molecule has 0 bridgehead atoms. The van der Waals surface area contributed by atoms with Crippen LogP contribution in [0.2, 0.25) is 0 Å². The zero-order valence-corrected chi connectivity index (χ0v) is 20.7. The maximum atomic E-state index is 13.8. The van der Waals surface area contributed by atoms with Crippen LogP contribution in [0.25, 0.3) is 0 Å². The Morgan fingerprint density at radius 2 is 1.83 bits per heavy atom. The average molecular weight is 679 g/mol. The van der Waals surface area contributed by atoms with E-state index < -0.39 is 0 Å². The lowest BCUT2D eigenvalue weighted by molar-refractivity contribution is 0.0955. The van der Waals surface area contributed by atoms with E-state index in [2.05, 4.69) is 71.6 Å². The molecule has 29 heavy (non-hydrogen) atoms. The number of carbonyl (C=O) groups excluding carboxylic acids is 1. The van der Waals surface area contributed by atoms with E-state index in [9.17, 15) is 9.18 Å². The SMILES string of the molecule is O=C(N/N=C/c1cc(I)c(OCc2ccccc2F)c(I)c1)c1cccc(Br)c1. The van der Waals surface area contributed by atoms with Crippen molar-refractivity contribution < 1.29 is 13.9 Å². The van der Waals surface area contributed by atoms with E-state index in [4.69, 9.17) is 4.74 Å². The van der Waals surface area contributed by atoms with Crippen LogP contribution in [0.5, 0.6) is 5.75 Å². The molecule has 8 heteroatoms. The molecule has 3 rings (SSSR count). The van der Waals surface area contributed by atoms with Crippen molar-refractivity contribution in [3.05, 3.63) is 94.8 Å². The van der Waals surface area contributed by atoms with E-state index in [1.165, 1.54) is 6.07 Å². The number of halogens is 4. The van der Waals surface area contributed by atoms with Crippen LogP contribution in [0.1, 0.15) is 21.5 Å². The monoisotopic (exact) mass is 678 g/mol. The number of hydrogen-bond acceptors (Lipinski definition) is 3. The highest BCUT2D eigenvalue weighted by Crippen LogP contribution is 2.29. The zero-order chi connectivity index (χ0) is 20.8. The summed E-state index contributed by atoms with van der Waals surface area (Å²) in [7, 11) is 0. The second-order valence-electron chi connectivity index (χ2n) is 5.90. The Bertz CT molecular complexity index is 1050. The van der Waals surface area contributed by atoms with Gasteiger partial charge in [0.15, 0.2) is 0 Å². The van der Waals surface area contributed by atoms with Gasteiger partial charge in [-0.2, -0.15) is 5.10 Å². The quantitative estimate of drug-likeness (QED) is 0.194. The minimum Gasteiger partial charge on any atom is -0.487 e. The first kappa shape index (κ1) is 22.2. The maximum absolute atomic E-state index is 13.8. The van der Waals surface area contributed by atoms with Gasteiger partial charge < -0.3 is 4.74 Å². The molecule has 0 unspecified atom stereocenters. The van der Waals surface area contributed by atoms with Crippen molar-refractivity contribution in [2.75, 3.05) is 0 Å². The Kier molecular flexibility index (Phi) is 8.01. The van der Waals surface area contributed by atoms with Crippen molar-refractivity contribution in [3.63, 3.8) is 0 Å². The third-order valence-corrected chi connectivity index (χ3v) is 5.91. The number of ether oxygens (including phenoxy) is 1. The van der Waals surface area contributed by atoms with E-state index in [-0.39, 0.29) is 18.3 Å². The maximum Gasteiger partial charge on any atom is 0.271 e. The summed E-state index contributed by atoms with van der Waals surface area (Å²) >= 11 is 7.66. The van der Waals surface area contributed by atoms with E-state index in [1.807, 2.05) is 18.2 Å². The first-order valence-electron chi connectivity index (χ1n) is 8.38. The molecule has 0 atom stereocenters. The van der Waals surface area contributed by atoms with Gasteiger partial charge in [-0.25, -0.2) is 9.82 Å². The Balaban J connectivity index is 1.66. The molecule has 0 radical (unpaired) electrons. The van der Waals surface area contributed by atoms with Crippen molar-refractivity contribution in [2.45, 2.75) is 6.61 Å². The number of rotatable bonds is 6. The van der Waals surface area contributed by atoms with Crippen LogP contribution in [0.4, 0.5) is 4.39 Å². The standard InChI is InChI=1S/C21H14BrFI2N2O2/c22-16-6-3-5-14(10-16)21(28)27-26-11-13-8-18(24)20(19(25)9-13)29-12-15-4-1-2-7-17(15)23/h1-11H,12H2,(H,27,28)/b26-11+. The van der Waals surface area contributed by atoms with Crippen molar-refractivity contribution in [3.8, 4) is 5.75 Å². The lowest BCUT2D eigenvalue weighted by atomic mass is 10.2. The largest absolute Gasteiger partial charge is 0.487 e. The number of nitrogens with one attached hydrogen (secondary N) is 1. The molecule has 3 aromatic rings. The number of benzene rings is 3. The van der Waals surface area contributed by atoms with Gasteiger partial charge in [-0.3, -0.25) is 4.79 Å². The van der Waals surface area contributed by atoms with Gasteiger partial charge in [-0.05, 0) is 87.1 Å². The Labute approximate surface area is 203 Å². The Morgan fingerprint density at radius 3 is 2.52 bits per heavy atom. The van der Waals surface area contributed by atoms with E-state index in [1.54, 1.807) is 42.6 Å². The molecule has 0 fully saturated rings. The van der Waals surface area contributed by atoms with E-state index in [0.29, 0.717) is 16.9 Å². The second-order valence-corrected chi connectivity index (χ2v) is 9.14. The van der Waals surface area contributed by atoms with Gasteiger partial charge in [0.25, 0.3) is 5.91 Å². The molecule has 0 spiro atoms. The first-order chi connectivity index (χ1) is 13.9. The van der Waals surface area contributed by atoms with Crippen LogP contribution in [-0.4, -0.2) is 12.1 Å². The van der Waals surface area contributed by atoms with Crippen LogP contribution < -0.4 is 10.2 Å². The van der Waals surface area contributed by atoms with Crippen molar-refractivity contribution in [2.24, 2.45) is 5.10 Å². The summed E-state index contributed by atoms with van der Waals surface area (Å²) in [4.78, 5) is 12.1. The predicted octanol–water partition coefficient (Wildman–Crippen LogP) is 6.14. The van der Waals surface area contributed by atoms with Crippen LogP contribution in [0.3, 0.4) is 0 Å². The van der Waals surface area contributed by atoms with Crippen molar-refractivity contribution in [1.29, 1.82) is 0 Å². The normalized spacial score (nSPS) is 10.9. The summed E-state index contributed by atoms with van der Waals surface area (Å²) in [6.07, 6.45) is 1.57. The van der Waals surface area contributed by atoms with E-state index in [0.717, 1.165) is 17.2 Å². The van der Waals surface area contributed by atoms with Crippen LogP contribution >= 0.6 is 61.1 Å². The predicted molar refractivity (Wildman–Crippen MR) is 132 cm³/mol. The minimum absolute atomic E-state index is 0.148. The number of hydrazone groups is 1. The summed E-state index contributed by atoms with van der Waals surface area (Å²) in [6, 6.07) is 17.4. The molecule has 148 valence electrons. The fourth-order valence-electron chi connectivity index (χ4n) is 2.42. The van der Waals surface area contributed by atoms with Gasteiger partial charge in [0.05, 0.1) is 13.4 Å². The summed E-state index contributed by atoms with van der Waals surface area (Å²) in [5.74, 6) is 0.101. The summed E-state index contributed by atoms with van der Waals surface area (Å²) in [6.45, 7) is 0.148. The van der Waals surface area contributed by atoms with Crippen LogP contribution in [0, 0.1) is 13.0 Å². The van der Waals surface area contributed by atoms with E-state index >= 15 is 0 Å². The molecular formula is C21H14BrFI2N2O2. The lowest BCUT2D eigenvalue weighted by Gasteiger charge is -2.12. The molecule has 0 aliphatic rings. The van der Waals surface area contributed by atoms with Gasteiger partial charge in [0.1, 0.15) is 18.2 Å². The van der Waals surface area contributed by atoms with Crippen LogP contribution in [0.15, 0.2) is 70.2 Å². The molecule has 0 aliphatic carbocycles. The van der Waals surface area contributed by atoms with Crippen molar-refractivity contribution >= 4 is 73.2 Å². The topological polar surface area (TPSA) is 50.7 Å². The average Bonchev–Trinajstić information content (AvgIpc) is 2.68.